The molecule has 0 aromatic heterocycles. The molecule has 0 bridgehead atoms. The second-order valence-corrected chi connectivity index (χ2v) is 10.6. The van der Waals surface area contributed by atoms with E-state index in [9.17, 15) is 9.00 Å². The summed E-state index contributed by atoms with van der Waals surface area (Å²) >= 11 is 0. The highest BCUT2D eigenvalue weighted by Gasteiger charge is 2.28. The summed E-state index contributed by atoms with van der Waals surface area (Å²) in [4.78, 5) is 12.6. The number of benzene rings is 1. The number of nitrogens with zero attached hydrogens (tertiary/aromatic N) is 1. The molecule has 2 heterocycles. The molecule has 2 N–H and O–H groups in total. The Labute approximate surface area is 167 Å². The quantitative estimate of drug-likeness (QED) is 0.728. The normalized spacial score (nSPS) is 21.4. The average Bonchev–Trinajstić information content (AvgIpc) is 2.57. The molecule has 3 rings (SSSR count). The summed E-state index contributed by atoms with van der Waals surface area (Å²) in [6.07, 6.45) is 1.17. The van der Waals surface area contributed by atoms with E-state index in [1.165, 1.54) is 0 Å². The molecule has 0 radical (unpaired) electrons. The van der Waals surface area contributed by atoms with Gasteiger partial charge >= 0.3 is 6.09 Å². The van der Waals surface area contributed by atoms with Crippen LogP contribution in [0.4, 0.5) is 4.79 Å². The van der Waals surface area contributed by atoms with Crippen molar-refractivity contribution in [2.24, 2.45) is 0 Å². The highest BCUT2D eigenvalue weighted by Crippen LogP contribution is 2.25. The molecule has 2 aliphatic heterocycles. The topological polar surface area (TPSA) is 79.9 Å². The average molecular weight is 410 g/mol. The molecule has 1 aromatic carbocycles. The number of piperidine rings is 1. The second-order valence-electron chi connectivity index (χ2n) is 8.36. The lowest BCUT2D eigenvalue weighted by Crippen LogP contribution is -2.50. The van der Waals surface area contributed by atoms with E-state index < -0.39 is 21.4 Å². The Bertz CT molecular complexity index is 792. The van der Waals surface area contributed by atoms with Gasteiger partial charge in [0.2, 0.25) is 0 Å². The molecular formula is C20H31N3O4S. The number of hydrogen-bond donors (Lipinski definition) is 2. The Hall–Kier alpha value is -1.77. The fourth-order valence-electron chi connectivity index (χ4n) is 3.20. The van der Waals surface area contributed by atoms with Crippen LogP contribution in [0.3, 0.4) is 0 Å². The highest BCUT2D eigenvalue weighted by atomic mass is 32.2. The molecule has 8 heteroatoms. The molecule has 1 unspecified atom stereocenters. The van der Waals surface area contributed by atoms with Gasteiger partial charge in [0, 0.05) is 37.1 Å². The van der Waals surface area contributed by atoms with Crippen molar-refractivity contribution in [2.45, 2.75) is 56.3 Å². The molecule has 2 saturated heterocycles. The zero-order valence-electron chi connectivity index (χ0n) is 16.9. The van der Waals surface area contributed by atoms with E-state index in [4.69, 9.17) is 9.47 Å². The SMILES string of the molecule is C=S(=O)(c1cccc(OC2CNC2)c1)N1CCC(NC(=O)OC(C)(C)C)CC1. The lowest BCUT2D eigenvalue weighted by atomic mass is 10.1. The number of nitrogens with one attached hydrogen (secondary N) is 2. The minimum Gasteiger partial charge on any atom is -0.488 e. The van der Waals surface area contributed by atoms with Gasteiger partial charge in [-0.3, -0.25) is 0 Å². The maximum atomic E-state index is 13.4. The van der Waals surface area contributed by atoms with Gasteiger partial charge in [-0.25, -0.2) is 13.3 Å². The predicted octanol–water partition coefficient (Wildman–Crippen LogP) is 2.02. The minimum atomic E-state index is -2.60. The Kier molecular flexibility index (Phi) is 6.21. The van der Waals surface area contributed by atoms with Crippen molar-refractivity contribution in [3.05, 3.63) is 24.3 Å². The van der Waals surface area contributed by atoms with Crippen molar-refractivity contribution < 1.29 is 18.5 Å². The second kappa shape index (κ2) is 8.31. The first-order valence-electron chi connectivity index (χ1n) is 9.73. The van der Waals surface area contributed by atoms with Gasteiger partial charge in [-0.2, -0.15) is 0 Å². The van der Waals surface area contributed by atoms with Crippen LogP contribution in [0.15, 0.2) is 29.2 Å². The van der Waals surface area contributed by atoms with Crippen LogP contribution in [0.1, 0.15) is 33.6 Å². The predicted molar refractivity (Wildman–Crippen MR) is 111 cm³/mol. The molecule has 1 aromatic rings. The zero-order chi connectivity index (χ0) is 20.4. The molecule has 2 aliphatic rings. The van der Waals surface area contributed by atoms with Crippen LogP contribution in [0, 0.1) is 0 Å². The van der Waals surface area contributed by atoms with Crippen LogP contribution in [-0.2, 0) is 14.4 Å². The maximum Gasteiger partial charge on any atom is 0.407 e. The third-order valence-corrected chi connectivity index (χ3v) is 7.00. The van der Waals surface area contributed by atoms with Gasteiger partial charge in [-0.05, 0) is 57.7 Å². The number of ether oxygens (including phenoxy) is 2. The lowest BCUT2D eigenvalue weighted by Gasteiger charge is -2.34. The molecule has 0 saturated carbocycles. The molecule has 156 valence electrons. The van der Waals surface area contributed by atoms with Gasteiger partial charge in [0.25, 0.3) is 0 Å². The summed E-state index contributed by atoms with van der Waals surface area (Å²) in [6.45, 7) is 8.39. The smallest absolute Gasteiger partial charge is 0.407 e. The van der Waals surface area contributed by atoms with Crippen molar-refractivity contribution in [2.75, 3.05) is 26.2 Å². The van der Waals surface area contributed by atoms with Crippen LogP contribution in [0.2, 0.25) is 0 Å². The van der Waals surface area contributed by atoms with E-state index in [-0.39, 0.29) is 12.1 Å². The molecule has 28 heavy (non-hydrogen) atoms. The Balaban J connectivity index is 1.57. The first-order chi connectivity index (χ1) is 13.1. The summed E-state index contributed by atoms with van der Waals surface area (Å²) in [5.74, 6) is 4.75. The first-order valence-corrected chi connectivity index (χ1v) is 11.4. The Morgan fingerprint density at radius 3 is 2.54 bits per heavy atom. The number of amides is 1. The van der Waals surface area contributed by atoms with Crippen LogP contribution in [0.5, 0.6) is 5.75 Å². The van der Waals surface area contributed by atoms with Gasteiger partial charge in [0.1, 0.15) is 17.5 Å². The fourth-order valence-corrected chi connectivity index (χ4v) is 4.89. The van der Waals surface area contributed by atoms with Gasteiger partial charge in [0.15, 0.2) is 0 Å². The van der Waals surface area contributed by atoms with Crippen molar-refractivity contribution >= 4 is 21.7 Å². The number of carbonyl (C=O) groups excluding carboxylic acids is 1. The van der Waals surface area contributed by atoms with E-state index in [0.717, 1.165) is 18.8 Å². The van der Waals surface area contributed by atoms with Crippen molar-refractivity contribution in [1.82, 2.24) is 14.9 Å². The number of carbonyl (C=O) groups is 1. The third kappa shape index (κ3) is 5.40. The number of hydrogen-bond acceptors (Lipinski definition) is 5. The van der Waals surface area contributed by atoms with Gasteiger partial charge in [-0.15, -0.1) is 0 Å². The monoisotopic (exact) mass is 409 g/mol. The molecule has 7 nitrogen and oxygen atoms in total. The summed E-state index contributed by atoms with van der Waals surface area (Å²) in [6, 6.07) is 7.43. The fraction of sp³-hybridized carbons (Fsp3) is 0.600. The van der Waals surface area contributed by atoms with Crippen LogP contribution in [0.25, 0.3) is 0 Å². The molecule has 0 spiro atoms. The minimum absolute atomic E-state index is 0.0158. The Morgan fingerprint density at radius 1 is 1.29 bits per heavy atom. The van der Waals surface area contributed by atoms with E-state index in [0.29, 0.717) is 30.8 Å². The lowest BCUT2D eigenvalue weighted by molar-refractivity contribution is 0.0490. The number of alkyl carbamates (subject to hydrolysis) is 1. The van der Waals surface area contributed by atoms with E-state index >= 15 is 0 Å². The van der Waals surface area contributed by atoms with Gasteiger partial charge in [0.05, 0.1) is 9.71 Å². The van der Waals surface area contributed by atoms with Gasteiger partial charge < -0.3 is 20.1 Å². The first kappa shape index (κ1) is 21.0. The summed E-state index contributed by atoms with van der Waals surface area (Å²) in [5, 5.41) is 6.07. The molecule has 1 amide bonds. The maximum absolute atomic E-state index is 13.4. The summed E-state index contributed by atoms with van der Waals surface area (Å²) in [5.41, 5.74) is -0.519. The van der Waals surface area contributed by atoms with E-state index in [1.54, 1.807) is 0 Å². The standard InChI is InChI=1S/C20H31N3O4S/c1-20(2,3)27-19(24)22-15-8-10-23(11-9-15)28(4,25)18-7-5-6-16(12-18)26-17-13-21-14-17/h5-7,12,15,17,21H,4,8-11,13-14H2,1-3H3,(H,22,24). The van der Waals surface area contributed by atoms with E-state index in [1.807, 2.05) is 49.3 Å². The van der Waals surface area contributed by atoms with Gasteiger partial charge in [-0.1, -0.05) is 6.07 Å². The molecular weight excluding hydrogens is 378 g/mol. The zero-order valence-corrected chi connectivity index (χ0v) is 17.7. The number of rotatable bonds is 5. The highest BCUT2D eigenvalue weighted by molar-refractivity contribution is 7.98. The molecule has 2 fully saturated rings. The van der Waals surface area contributed by atoms with Crippen molar-refractivity contribution in [1.29, 1.82) is 0 Å². The largest absolute Gasteiger partial charge is 0.488 e. The molecule has 0 aliphatic carbocycles. The van der Waals surface area contributed by atoms with E-state index in [2.05, 4.69) is 16.5 Å². The van der Waals surface area contributed by atoms with Crippen LogP contribution in [-0.4, -0.2) is 64.4 Å². The van der Waals surface area contributed by atoms with Crippen molar-refractivity contribution in [3.63, 3.8) is 0 Å². The molecule has 1 atom stereocenters. The van der Waals surface area contributed by atoms with Crippen LogP contribution < -0.4 is 15.4 Å². The summed E-state index contributed by atoms with van der Waals surface area (Å²) in [7, 11) is -2.60. The summed E-state index contributed by atoms with van der Waals surface area (Å²) < 4.78 is 26.5. The third-order valence-electron chi connectivity index (χ3n) is 4.81. The van der Waals surface area contributed by atoms with Crippen molar-refractivity contribution in [3.8, 4) is 5.75 Å². The Morgan fingerprint density at radius 2 is 1.96 bits per heavy atom. The van der Waals surface area contributed by atoms with Crippen LogP contribution >= 0.6 is 0 Å².